The van der Waals surface area contributed by atoms with E-state index >= 15 is 0 Å². The number of hydrogen-bond acceptors (Lipinski definition) is 4. The van der Waals surface area contributed by atoms with E-state index in [1.807, 2.05) is 33.8 Å². The van der Waals surface area contributed by atoms with Gasteiger partial charge < -0.3 is 14.9 Å². The van der Waals surface area contributed by atoms with Crippen molar-refractivity contribution in [2.24, 2.45) is 0 Å². The van der Waals surface area contributed by atoms with Crippen molar-refractivity contribution in [1.29, 1.82) is 0 Å². The first-order chi connectivity index (χ1) is 12.3. The number of phenolic OH excluding ortho intramolecular Hbond substituents is 2. The third-order valence-electron chi connectivity index (χ3n) is 4.32. The van der Waals surface area contributed by atoms with Crippen LogP contribution in [0.4, 0.5) is 0 Å². The Balaban J connectivity index is 2.50. The molecular formula is C22H26O4. The summed E-state index contributed by atoms with van der Waals surface area (Å²) in [7, 11) is 1.56. The molecule has 0 atom stereocenters. The number of allylic oxidation sites excluding steroid dienone is 1. The summed E-state index contributed by atoms with van der Waals surface area (Å²) in [6.45, 7) is 8.02. The van der Waals surface area contributed by atoms with Crippen LogP contribution in [-0.2, 0) is 0 Å². The second-order valence-corrected chi connectivity index (χ2v) is 6.90. The Morgan fingerprint density at radius 3 is 2.15 bits per heavy atom. The van der Waals surface area contributed by atoms with E-state index in [1.54, 1.807) is 25.3 Å². The molecule has 0 radical (unpaired) electrons. The molecule has 4 heteroatoms. The monoisotopic (exact) mass is 354 g/mol. The zero-order valence-corrected chi connectivity index (χ0v) is 15.9. The first-order valence-corrected chi connectivity index (χ1v) is 8.71. The van der Waals surface area contributed by atoms with Crippen molar-refractivity contribution in [2.75, 3.05) is 7.11 Å². The lowest BCUT2D eigenvalue weighted by molar-refractivity contribution is 0.104. The molecule has 2 aromatic carbocycles. The highest BCUT2D eigenvalue weighted by molar-refractivity contribution is 6.07. The Kier molecular flexibility index (Phi) is 6.09. The van der Waals surface area contributed by atoms with Crippen molar-refractivity contribution in [2.45, 2.75) is 39.5 Å². The number of methoxy groups -OCH3 is 1. The van der Waals surface area contributed by atoms with Gasteiger partial charge in [-0.3, -0.25) is 4.79 Å². The van der Waals surface area contributed by atoms with Crippen molar-refractivity contribution in [3.05, 3.63) is 58.7 Å². The number of ether oxygens (including phenoxy) is 1. The molecule has 0 saturated carbocycles. The fraction of sp³-hybridized carbons (Fsp3) is 0.318. The molecule has 0 amide bonds. The standard InChI is InChI=1S/C22H26O4/c1-13(2)18-12-16(22(26-5)20(14(3)4)21(18)25)8-11-19(24)15-6-9-17(23)10-7-15/h6-14,23,25H,1-5H3. The Morgan fingerprint density at radius 1 is 1.04 bits per heavy atom. The molecule has 2 rings (SSSR count). The van der Waals surface area contributed by atoms with Crippen LogP contribution in [-0.4, -0.2) is 23.1 Å². The van der Waals surface area contributed by atoms with Gasteiger partial charge in [-0.1, -0.05) is 27.7 Å². The van der Waals surface area contributed by atoms with E-state index < -0.39 is 0 Å². The SMILES string of the molecule is COc1c(C=CC(=O)c2ccc(O)cc2)cc(C(C)C)c(O)c1C(C)C. The average Bonchev–Trinajstić information content (AvgIpc) is 2.59. The lowest BCUT2D eigenvalue weighted by Crippen LogP contribution is -2.02. The van der Waals surface area contributed by atoms with Crippen LogP contribution < -0.4 is 4.74 Å². The number of carbonyl (C=O) groups excluding carboxylic acids is 1. The van der Waals surface area contributed by atoms with Gasteiger partial charge in [-0.2, -0.15) is 0 Å². The predicted octanol–water partition coefficient (Wildman–Crippen LogP) is 5.25. The summed E-state index contributed by atoms with van der Waals surface area (Å²) in [5.74, 6) is 0.999. The summed E-state index contributed by atoms with van der Waals surface area (Å²) in [6, 6.07) is 7.99. The number of rotatable bonds is 6. The molecule has 0 fully saturated rings. The molecule has 0 saturated heterocycles. The van der Waals surface area contributed by atoms with Crippen LogP contribution in [0.3, 0.4) is 0 Å². The molecule has 2 N–H and O–H groups in total. The molecule has 0 unspecified atom stereocenters. The Morgan fingerprint density at radius 2 is 1.65 bits per heavy atom. The van der Waals surface area contributed by atoms with Crippen LogP contribution in [0.5, 0.6) is 17.2 Å². The van der Waals surface area contributed by atoms with Crippen LogP contribution in [0.25, 0.3) is 6.08 Å². The molecular weight excluding hydrogens is 328 g/mol. The Labute approximate surface area is 154 Å². The van der Waals surface area contributed by atoms with Gasteiger partial charge in [0.05, 0.1) is 7.11 Å². The number of ketones is 1. The van der Waals surface area contributed by atoms with Gasteiger partial charge in [0.1, 0.15) is 17.2 Å². The maximum atomic E-state index is 12.4. The molecule has 2 aromatic rings. The normalized spacial score (nSPS) is 11.5. The summed E-state index contributed by atoms with van der Waals surface area (Å²) < 4.78 is 5.55. The highest BCUT2D eigenvalue weighted by atomic mass is 16.5. The maximum Gasteiger partial charge on any atom is 0.185 e. The lowest BCUT2D eigenvalue weighted by Gasteiger charge is -2.20. The Hall–Kier alpha value is -2.75. The van der Waals surface area contributed by atoms with E-state index in [2.05, 4.69) is 0 Å². The van der Waals surface area contributed by atoms with Gasteiger partial charge in [0.15, 0.2) is 5.78 Å². The first-order valence-electron chi connectivity index (χ1n) is 8.71. The minimum atomic E-state index is -0.169. The van der Waals surface area contributed by atoms with Gasteiger partial charge in [0.25, 0.3) is 0 Å². The molecule has 0 aromatic heterocycles. The molecule has 0 heterocycles. The number of carbonyl (C=O) groups is 1. The van der Waals surface area contributed by atoms with Gasteiger partial charge in [-0.15, -0.1) is 0 Å². The van der Waals surface area contributed by atoms with Crippen LogP contribution in [0, 0.1) is 0 Å². The topological polar surface area (TPSA) is 66.8 Å². The van der Waals surface area contributed by atoms with Crippen molar-refractivity contribution < 1.29 is 19.7 Å². The molecule has 4 nitrogen and oxygen atoms in total. The van der Waals surface area contributed by atoms with Crippen molar-refractivity contribution in [3.63, 3.8) is 0 Å². The zero-order chi connectivity index (χ0) is 19.4. The average molecular weight is 354 g/mol. The quantitative estimate of drug-likeness (QED) is 0.549. The second-order valence-electron chi connectivity index (χ2n) is 6.90. The minimum absolute atomic E-state index is 0.0728. The molecule has 0 bridgehead atoms. The molecule has 26 heavy (non-hydrogen) atoms. The highest BCUT2D eigenvalue weighted by Crippen LogP contribution is 2.42. The smallest absolute Gasteiger partial charge is 0.185 e. The fourth-order valence-electron chi connectivity index (χ4n) is 2.93. The van der Waals surface area contributed by atoms with Gasteiger partial charge in [-0.05, 0) is 59.9 Å². The third-order valence-corrected chi connectivity index (χ3v) is 4.32. The number of phenols is 2. The number of aromatic hydroxyl groups is 2. The number of benzene rings is 2. The van der Waals surface area contributed by atoms with Crippen LogP contribution in [0.2, 0.25) is 0 Å². The highest BCUT2D eigenvalue weighted by Gasteiger charge is 2.21. The molecule has 138 valence electrons. The molecule has 0 aliphatic rings. The number of hydrogen-bond donors (Lipinski definition) is 2. The van der Waals surface area contributed by atoms with Crippen molar-refractivity contribution in [3.8, 4) is 17.2 Å². The maximum absolute atomic E-state index is 12.4. The van der Waals surface area contributed by atoms with Gasteiger partial charge >= 0.3 is 0 Å². The van der Waals surface area contributed by atoms with Crippen LogP contribution in [0.15, 0.2) is 36.4 Å². The van der Waals surface area contributed by atoms with E-state index in [1.165, 1.54) is 18.2 Å². The third kappa shape index (κ3) is 4.07. The van der Waals surface area contributed by atoms with Crippen molar-refractivity contribution in [1.82, 2.24) is 0 Å². The summed E-state index contributed by atoms with van der Waals surface area (Å²) in [5, 5.41) is 20.0. The van der Waals surface area contributed by atoms with E-state index in [9.17, 15) is 15.0 Å². The van der Waals surface area contributed by atoms with Gasteiger partial charge in [0, 0.05) is 16.7 Å². The van der Waals surface area contributed by atoms with Gasteiger partial charge in [0.2, 0.25) is 0 Å². The van der Waals surface area contributed by atoms with E-state index in [0.717, 1.165) is 16.7 Å². The summed E-state index contributed by atoms with van der Waals surface area (Å²) >= 11 is 0. The predicted molar refractivity (Wildman–Crippen MR) is 104 cm³/mol. The van der Waals surface area contributed by atoms with Gasteiger partial charge in [-0.25, -0.2) is 0 Å². The minimum Gasteiger partial charge on any atom is -0.508 e. The molecule has 0 spiro atoms. The van der Waals surface area contributed by atoms with Crippen LogP contribution in [0.1, 0.15) is 66.6 Å². The lowest BCUT2D eigenvalue weighted by atomic mass is 9.90. The second kappa shape index (κ2) is 8.09. The zero-order valence-electron chi connectivity index (χ0n) is 15.9. The molecule has 0 aliphatic carbocycles. The van der Waals surface area contributed by atoms with Crippen LogP contribution >= 0.6 is 0 Å². The fourth-order valence-corrected chi connectivity index (χ4v) is 2.93. The first kappa shape index (κ1) is 19.6. The largest absolute Gasteiger partial charge is 0.508 e. The van der Waals surface area contributed by atoms with E-state index in [-0.39, 0.29) is 29.1 Å². The summed E-state index contributed by atoms with van der Waals surface area (Å²) in [5.41, 5.74) is 2.82. The van der Waals surface area contributed by atoms with Crippen molar-refractivity contribution >= 4 is 11.9 Å². The van der Waals surface area contributed by atoms with E-state index in [0.29, 0.717) is 11.3 Å². The Bertz CT molecular complexity index is 815. The summed E-state index contributed by atoms with van der Waals surface area (Å²) in [6.07, 6.45) is 3.20. The van der Waals surface area contributed by atoms with E-state index in [4.69, 9.17) is 4.74 Å². The molecule has 0 aliphatic heterocycles. The summed E-state index contributed by atoms with van der Waals surface area (Å²) in [4.78, 5) is 12.4.